The van der Waals surface area contributed by atoms with Crippen molar-refractivity contribution in [2.75, 3.05) is 0 Å². The van der Waals surface area contributed by atoms with E-state index in [4.69, 9.17) is 29.0 Å². The molecular weight excluding hydrogens is 303 g/mol. The van der Waals surface area contributed by atoms with E-state index in [1.165, 1.54) is 24.8 Å². The summed E-state index contributed by atoms with van der Waals surface area (Å²) >= 11 is 12.2. The van der Waals surface area contributed by atoms with Crippen LogP contribution in [0.3, 0.4) is 0 Å². The molecule has 0 bridgehead atoms. The molecule has 0 amide bonds. The molecule has 0 radical (unpaired) electrons. The van der Waals surface area contributed by atoms with E-state index < -0.39 is 0 Å². The second-order valence-electron chi connectivity index (χ2n) is 5.56. The molecule has 1 atom stereocenters. The van der Waals surface area contributed by atoms with Crippen molar-refractivity contribution in [3.05, 3.63) is 69.2 Å². The molecule has 2 nitrogen and oxygen atoms in total. The van der Waals surface area contributed by atoms with Crippen LogP contribution in [0.4, 0.5) is 0 Å². The highest BCUT2D eigenvalue weighted by Gasteiger charge is 2.20. The maximum Gasteiger partial charge on any atom is 0.0724 e. The molecule has 0 aliphatic heterocycles. The number of halogens is 2. The van der Waals surface area contributed by atoms with Crippen LogP contribution in [0.1, 0.15) is 47.9 Å². The minimum atomic E-state index is -0.134. The van der Waals surface area contributed by atoms with E-state index in [-0.39, 0.29) is 6.04 Å². The molecule has 3 rings (SSSR count). The Labute approximate surface area is 135 Å². The Kier molecular flexibility index (Phi) is 4.51. The van der Waals surface area contributed by atoms with Crippen LogP contribution >= 0.6 is 23.2 Å². The summed E-state index contributed by atoms with van der Waals surface area (Å²) in [6, 6.07) is 14.0. The molecule has 0 aromatic heterocycles. The van der Waals surface area contributed by atoms with E-state index in [0.717, 1.165) is 17.0 Å². The molecule has 0 saturated heterocycles. The van der Waals surface area contributed by atoms with Gasteiger partial charge in [-0.2, -0.15) is 0 Å². The van der Waals surface area contributed by atoms with Crippen molar-refractivity contribution < 1.29 is 0 Å². The number of hydrogen-bond acceptors (Lipinski definition) is 2. The number of hydrazine groups is 1. The van der Waals surface area contributed by atoms with Crippen LogP contribution in [-0.4, -0.2) is 0 Å². The van der Waals surface area contributed by atoms with Crippen LogP contribution in [-0.2, 0) is 0 Å². The van der Waals surface area contributed by atoms with Gasteiger partial charge in [-0.25, -0.2) is 5.43 Å². The smallest absolute Gasteiger partial charge is 0.0724 e. The van der Waals surface area contributed by atoms with Crippen molar-refractivity contribution in [3.63, 3.8) is 0 Å². The third kappa shape index (κ3) is 3.09. The fourth-order valence-corrected chi connectivity index (χ4v) is 3.32. The SMILES string of the molecule is NNC(c1ccc(C2CCC2)cc1)c1ccc(Cl)cc1Cl. The van der Waals surface area contributed by atoms with Crippen LogP contribution in [0.2, 0.25) is 10.0 Å². The lowest BCUT2D eigenvalue weighted by molar-refractivity contribution is 0.419. The first-order chi connectivity index (χ1) is 10.2. The van der Waals surface area contributed by atoms with Crippen molar-refractivity contribution in [1.29, 1.82) is 0 Å². The van der Waals surface area contributed by atoms with Gasteiger partial charge in [0.1, 0.15) is 0 Å². The van der Waals surface area contributed by atoms with Crippen LogP contribution < -0.4 is 11.3 Å². The van der Waals surface area contributed by atoms with Crippen molar-refractivity contribution in [2.24, 2.45) is 5.84 Å². The standard InChI is InChI=1S/C17H18Cl2N2/c18-14-8-9-15(16(19)10-14)17(21-20)13-6-4-12(5-7-13)11-2-1-3-11/h4-11,17,21H,1-3,20H2. The van der Waals surface area contributed by atoms with Crippen molar-refractivity contribution in [3.8, 4) is 0 Å². The van der Waals surface area contributed by atoms with Crippen LogP contribution in [0.25, 0.3) is 0 Å². The molecule has 0 spiro atoms. The maximum absolute atomic E-state index is 6.29. The molecule has 3 N–H and O–H groups in total. The van der Waals surface area contributed by atoms with E-state index in [1.54, 1.807) is 6.07 Å². The van der Waals surface area contributed by atoms with Gasteiger partial charge in [0.2, 0.25) is 0 Å². The molecule has 2 aromatic carbocycles. The molecule has 1 unspecified atom stereocenters. The van der Waals surface area contributed by atoms with Crippen molar-refractivity contribution in [1.82, 2.24) is 5.43 Å². The minimum Gasteiger partial charge on any atom is -0.271 e. The normalized spacial score (nSPS) is 16.5. The molecule has 1 fully saturated rings. The van der Waals surface area contributed by atoms with E-state index in [1.807, 2.05) is 12.1 Å². The lowest BCUT2D eigenvalue weighted by Crippen LogP contribution is -2.29. The van der Waals surface area contributed by atoms with Gasteiger partial charge in [-0.05, 0) is 47.6 Å². The van der Waals surface area contributed by atoms with Crippen molar-refractivity contribution >= 4 is 23.2 Å². The number of nitrogens with one attached hydrogen (secondary N) is 1. The van der Waals surface area contributed by atoms with Crippen molar-refractivity contribution in [2.45, 2.75) is 31.2 Å². The fraction of sp³-hybridized carbons (Fsp3) is 0.294. The Hall–Kier alpha value is -1.06. The Morgan fingerprint density at radius 2 is 1.76 bits per heavy atom. The van der Waals surface area contributed by atoms with Gasteiger partial charge >= 0.3 is 0 Å². The molecular formula is C17H18Cl2N2. The van der Waals surface area contributed by atoms with E-state index in [9.17, 15) is 0 Å². The zero-order chi connectivity index (χ0) is 14.8. The first-order valence-corrected chi connectivity index (χ1v) is 7.95. The Bertz CT molecular complexity index is 621. The second kappa shape index (κ2) is 6.37. The fourth-order valence-electron chi connectivity index (χ4n) is 2.80. The lowest BCUT2D eigenvalue weighted by atomic mass is 9.79. The summed E-state index contributed by atoms with van der Waals surface area (Å²) in [4.78, 5) is 0. The summed E-state index contributed by atoms with van der Waals surface area (Å²) in [5.41, 5.74) is 6.30. The van der Waals surface area contributed by atoms with Gasteiger partial charge in [-0.1, -0.05) is 60.0 Å². The summed E-state index contributed by atoms with van der Waals surface area (Å²) in [7, 11) is 0. The molecule has 1 saturated carbocycles. The quantitative estimate of drug-likeness (QED) is 0.626. The summed E-state index contributed by atoms with van der Waals surface area (Å²) in [5, 5.41) is 1.24. The van der Waals surface area contributed by atoms with Crippen LogP contribution in [0, 0.1) is 0 Å². The lowest BCUT2D eigenvalue weighted by Gasteiger charge is -2.26. The van der Waals surface area contributed by atoms with E-state index in [0.29, 0.717) is 10.0 Å². The first kappa shape index (κ1) is 14.9. The number of hydrogen-bond donors (Lipinski definition) is 2. The van der Waals surface area contributed by atoms with Gasteiger partial charge in [-0.3, -0.25) is 5.84 Å². The monoisotopic (exact) mass is 320 g/mol. The summed E-state index contributed by atoms with van der Waals surface area (Å²) in [5.74, 6) is 6.48. The molecule has 110 valence electrons. The highest BCUT2D eigenvalue weighted by atomic mass is 35.5. The topological polar surface area (TPSA) is 38.0 Å². The largest absolute Gasteiger partial charge is 0.271 e. The molecule has 0 heterocycles. The highest BCUT2D eigenvalue weighted by molar-refractivity contribution is 6.35. The van der Waals surface area contributed by atoms with Gasteiger partial charge in [0, 0.05) is 10.0 Å². The minimum absolute atomic E-state index is 0.134. The third-order valence-electron chi connectivity index (χ3n) is 4.29. The first-order valence-electron chi connectivity index (χ1n) is 7.20. The second-order valence-corrected chi connectivity index (χ2v) is 6.40. The van der Waals surface area contributed by atoms with E-state index >= 15 is 0 Å². The molecule has 2 aromatic rings. The number of rotatable bonds is 4. The van der Waals surface area contributed by atoms with Gasteiger partial charge in [-0.15, -0.1) is 0 Å². The molecule has 21 heavy (non-hydrogen) atoms. The Morgan fingerprint density at radius 1 is 1.05 bits per heavy atom. The number of nitrogens with two attached hydrogens (primary N) is 1. The predicted molar refractivity (Wildman–Crippen MR) is 88.7 cm³/mol. The molecule has 1 aliphatic rings. The van der Waals surface area contributed by atoms with Gasteiger partial charge in [0.05, 0.1) is 6.04 Å². The Balaban J connectivity index is 1.88. The maximum atomic E-state index is 6.29. The third-order valence-corrected chi connectivity index (χ3v) is 4.85. The summed E-state index contributed by atoms with van der Waals surface area (Å²) in [6.45, 7) is 0. The van der Waals surface area contributed by atoms with Crippen LogP contribution in [0.15, 0.2) is 42.5 Å². The highest BCUT2D eigenvalue weighted by Crippen LogP contribution is 2.37. The average molecular weight is 321 g/mol. The summed E-state index contributed by atoms with van der Waals surface area (Å²) < 4.78 is 0. The Morgan fingerprint density at radius 3 is 2.29 bits per heavy atom. The van der Waals surface area contributed by atoms with Gasteiger partial charge in [0.15, 0.2) is 0 Å². The average Bonchev–Trinajstić information content (AvgIpc) is 2.42. The zero-order valence-electron chi connectivity index (χ0n) is 11.7. The predicted octanol–water partition coefficient (Wildman–Crippen LogP) is 4.81. The van der Waals surface area contributed by atoms with Gasteiger partial charge < -0.3 is 0 Å². The zero-order valence-corrected chi connectivity index (χ0v) is 13.2. The van der Waals surface area contributed by atoms with Gasteiger partial charge in [0.25, 0.3) is 0 Å². The number of benzene rings is 2. The molecule has 4 heteroatoms. The van der Waals surface area contributed by atoms with Crippen LogP contribution in [0.5, 0.6) is 0 Å². The summed E-state index contributed by atoms with van der Waals surface area (Å²) in [6.07, 6.45) is 3.96. The van der Waals surface area contributed by atoms with E-state index in [2.05, 4.69) is 29.7 Å². The molecule has 1 aliphatic carbocycles.